The van der Waals surface area contributed by atoms with Gasteiger partial charge in [-0.05, 0) is 40.8 Å². The third-order valence-electron chi connectivity index (χ3n) is 1.40. The van der Waals surface area contributed by atoms with Gasteiger partial charge in [0.2, 0.25) is 0 Å². The van der Waals surface area contributed by atoms with Gasteiger partial charge in [-0.15, -0.1) is 0 Å². The fraction of sp³-hybridized carbons (Fsp3) is 0. The second kappa shape index (κ2) is 4.19. The van der Waals surface area contributed by atoms with Crippen LogP contribution in [0.5, 0.6) is 0 Å². The van der Waals surface area contributed by atoms with Crippen LogP contribution in [0.2, 0.25) is 0 Å². The fourth-order valence-electron chi connectivity index (χ4n) is 0.804. The van der Waals surface area contributed by atoms with Crippen molar-refractivity contribution in [1.82, 2.24) is 0 Å². The van der Waals surface area contributed by atoms with Crippen molar-refractivity contribution < 1.29 is 9.59 Å². The van der Waals surface area contributed by atoms with Crippen LogP contribution in [-0.2, 0) is 4.79 Å². The number of carbonyl (C=O) groups excluding carboxylic acids is 2. The molecular weight excluding hydrogens is 349 g/mol. The van der Waals surface area contributed by atoms with Gasteiger partial charge in [0, 0.05) is 13.6 Å². The van der Waals surface area contributed by atoms with E-state index in [9.17, 15) is 9.59 Å². The highest BCUT2D eigenvalue weighted by Crippen LogP contribution is 2.18. The predicted octanol–water partition coefficient (Wildman–Crippen LogP) is 1.72. The van der Waals surface area contributed by atoms with E-state index in [1.54, 1.807) is 18.2 Å². The SMILES string of the molecule is NC(=O)C(=O)c1cc(Br)ccc1I. The Kier molecular flexibility index (Phi) is 3.43. The number of hydrogen-bond donors (Lipinski definition) is 1. The number of amides is 1. The minimum atomic E-state index is -0.934. The number of halogens is 2. The molecule has 1 aromatic carbocycles. The number of primary amides is 1. The minimum Gasteiger partial charge on any atom is -0.363 e. The molecule has 1 rings (SSSR count). The maximum absolute atomic E-state index is 11.2. The van der Waals surface area contributed by atoms with Crippen LogP contribution in [0.3, 0.4) is 0 Å². The third-order valence-corrected chi connectivity index (χ3v) is 2.83. The molecule has 0 fully saturated rings. The monoisotopic (exact) mass is 353 g/mol. The van der Waals surface area contributed by atoms with Crippen LogP contribution in [0.4, 0.5) is 0 Å². The largest absolute Gasteiger partial charge is 0.363 e. The molecule has 13 heavy (non-hydrogen) atoms. The first-order valence-electron chi connectivity index (χ1n) is 3.31. The topological polar surface area (TPSA) is 60.2 Å². The molecule has 68 valence electrons. The highest BCUT2D eigenvalue weighted by Gasteiger charge is 2.15. The van der Waals surface area contributed by atoms with Crippen molar-refractivity contribution in [2.45, 2.75) is 0 Å². The number of benzene rings is 1. The Morgan fingerprint density at radius 1 is 1.38 bits per heavy atom. The molecule has 0 heterocycles. The highest BCUT2D eigenvalue weighted by atomic mass is 127. The van der Waals surface area contributed by atoms with Gasteiger partial charge in [0.15, 0.2) is 0 Å². The zero-order chi connectivity index (χ0) is 10.0. The van der Waals surface area contributed by atoms with Crippen LogP contribution in [0.15, 0.2) is 22.7 Å². The summed E-state index contributed by atoms with van der Waals surface area (Å²) in [6.45, 7) is 0. The molecule has 5 heteroatoms. The van der Waals surface area contributed by atoms with E-state index >= 15 is 0 Å². The van der Waals surface area contributed by atoms with Gasteiger partial charge in [0.1, 0.15) is 0 Å². The smallest absolute Gasteiger partial charge is 0.289 e. The van der Waals surface area contributed by atoms with E-state index in [-0.39, 0.29) is 0 Å². The van der Waals surface area contributed by atoms with Crippen LogP contribution >= 0.6 is 38.5 Å². The average Bonchev–Trinajstić information content (AvgIpc) is 2.08. The van der Waals surface area contributed by atoms with Crippen LogP contribution < -0.4 is 5.73 Å². The highest BCUT2D eigenvalue weighted by molar-refractivity contribution is 14.1. The van der Waals surface area contributed by atoms with E-state index in [0.717, 1.165) is 4.47 Å². The maximum atomic E-state index is 11.2. The molecule has 0 aliphatic heterocycles. The Morgan fingerprint density at radius 2 is 2.00 bits per heavy atom. The van der Waals surface area contributed by atoms with Crippen molar-refractivity contribution in [3.8, 4) is 0 Å². The van der Waals surface area contributed by atoms with Crippen molar-refractivity contribution in [3.63, 3.8) is 0 Å². The van der Waals surface area contributed by atoms with Crippen LogP contribution in [0.25, 0.3) is 0 Å². The summed E-state index contributed by atoms with van der Waals surface area (Å²) < 4.78 is 1.46. The molecule has 1 amide bonds. The van der Waals surface area contributed by atoms with Crippen molar-refractivity contribution in [3.05, 3.63) is 31.8 Å². The van der Waals surface area contributed by atoms with Gasteiger partial charge in [0.05, 0.1) is 0 Å². The van der Waals surface area contributed by atoms with Crippen molar-refractivity contribution >= 4 is 50.2 Å². The molecule has 0 radical (unpaired) electrons. The Bertz CT molecular complexity index is 378. The average molecular weight is 354 g/mol. The number of Topliss-reactive ketones (excluding diaryl/α,β-unsaturated/α-hetero) is 1. The lowest BCUT2D eigenvalue weighted by Crippen LogP contribution is -2.23. The Labute approximate surface area is 97.0 Å². The van der Waals surface area contributed by atoms with Crippen LogP contribution in [0, 0.1) is 3.57 Å². The van der Waals surface area contributed by atoms with Gasteiger partial charge >= 0.3 is 0 Å². The Balaban J connectivity index is 3.21. The second-order valence-electron chi connectivity index (χ2n) is 2.32. The molecule has 0 saturated carbocycles. The summed E-state index contributed by atoms with van der Waals surface area (Å²) in [6, 6.07) is 5.11. The van der Waals surface area contributed by atoms with Gasteiger partial charge in [-0.1, -0.05) is 15.9 Å². The molecule has 2 N–H and O–H groups in total. The lowest BCUT2D eigenvalue weighted by Gasteiger charge is -2.00. The van der Waals surface area contributed by atoms with E-state index in [1.165, 1.54) is 0 Å². The number of nitrogens with two attached hydrogens (primary N) is 1. The Hall–Kier alpha value is -0.430. The molecule has 0 unspecified atom stereocenters. The summed E-state index contributed by atoms with van der Waals surface area (Å²) in [5, 5.41) is 0. The first kappa shape index (κ1) is 10.6. The molecule has 0 atom stereocenters. The molecule has 0 saturated heterocycles. The molecular formula is C8H5BrINO2. The lowest BCUT2D eigenvalue weighted by atomic mass is 10.1. The van der Waals surface area contributed by atoms with Gasteiger partial charge in [-0.2, -0.15) is 0 Å². The zero-order valence-corrected chi connectivity index (χ0v) is 10.1. The van der Waals surface area contributed by atoms with E-state index in [2.05, 4.69) is 15.9 Å². The first-order chi connectivity index (χ1) is 6.02. The minimum absolute atomic E-state index is 0.336. The predicted molar refractivity (Wildman–Crippen MR) is 60.4 cm³/mol. The van der Waals surface area contributed by atoms with Gasteiger partial charge in [0.25, 0.3) is 11.7 Å². The van der Waals surface area contributed by atoms with E-state index in [0.29, 0.717) is 9.13 Å². The standard InChI is InChI=1S/C8H5BrINO2/c9-4-1-2-6(10)5(3-4)7(12)8(11)13/h1-3H,(H2,11,13). The van der Waals surface area contributed by atoms with Crippen molar-refractivity contribution in [2.75, 3.05) is 0 Å². The van der Waals surface area contributed by atoms with Gasteiger partial charge in [-0.3, -0.25) is 9.59 Å². The first-order valence-corrected chi connectivity index (χ1v) is 5.18. The molecule has 0 aromatic heterocycles. The number of ketones is 1. The van der Waals surface area contributed by atoms with Crippen LogP contribution in [-0.4, -0.2) is 11.7 Å². The van der Waals surface area contributed by atoms with Crippen LogP contribution in [0.1, 0.15) is 10.4 Å². The summed E-state index contributed by atoms with van der Waals surface area (Å²) in [5.41, 5.74) is 5.22. The summed E-state index contributed by atoms with van der Waals surface area (Å²) in [7, 11) is 0. The van der Waals surface area contributed by atoms with Gasteiger partial charge in [-0.25, -0.2) is 0 Å². The second-order valence-corrected chi connectivity index (χ2v) is 4.40. The summed E-state index contributed by atoms with van der Waals surface area (Å²) in [4.78, 5) is 21.8. The van der Waals surface area contributed by atoms with E-state index < -0.39 is 11.7 Å². The lowest BCUT2D eigenvalue weighted by molar-refractivity contribution is -0.114. The summed E-state index contributed by atoms with van der Waals surface area (Å²) >= 11 is 5.18. The molecule has 0 aliphatic carbocycles. The summed E-state index contributed by atoms with van der Waals surface area (Å²) in [6.07, 6.45) is 0. The zero-order valence-electron chi connectivity index (χ0n) is 6.38. The molecule has 1 aromatic rings. The number of carbonyl (C=O) groups is 2. The molecule has 0 spiro atoms. The molecule has 0 aliphatic rings. The normalized spacial score (nSPS) is 9.69. The van der Waals surface area contributed by atoms with Crippen molar-refractivity contribution in [2.24, 2.45) is 5.73 Å². The van der Waals surface area contributed by atoms with E-state index in [1.807, 2.05) is 22.6 Å². The maximum Gasteiger partial charge on any atom is 0.289 e. The number of hydrogen-bond acceptors (Lipinski definition) is 2. The Morgan fingerprint density at radius 3 is 2.54 bits per heavy atom. The molecule has 3 nitrogen and oxygen atoms in total. The number of rotatable bonds is 2. The third kappa shape index (κ3) is 2.50. The quantitative estimate of drug-likeness (QED) is 0.500. The van der Waals surface area contributed by atoms with Gasteiger partial charge < -0.3 is 5.73 Å². The van der Waals surface area contributed by atoms with Crippen molar-refractivity contribution in [1.29, 1.82) is 0 Å². The molecule has 0 bridgehead atoms. The summed E-state index contributed by atoms with van der Waals surface area (Å²) in [5.74, 6) is -1.60. The fourth-order valence-corrected chi connectivity index (χ4v) is 1.75. The van der Waals surface area contributed by atoms with E-state index in [4.69, 9.17) is 5.73 Å².